The zero-order chi connectivity index (χ0) is 17.4. The number of aldehydes is 1. The van der Waals surface area contributed by atoms with Crippen LogP contribution in [0.3, 0.4) is 0 Å². The molecule has 0 fully saturated rings. The van der Waals surface area contributed by atoms with E-state index in [0.717, 1.165) is 20.8 Å². The molecule has 0 aliphatic carbocycles. The van der Waals surface area contributed by atoms with Gasteiger partial charge in [0, 0.05) is 20.8 Å². The van der Waals surface area contributed by atoms with Crippen molar-refractivity contribution in [3.63, 3.8) is 0 Å². The van der Waals surface area contributed by atoms with Crippen LogP contribution >= 0.6 is 0 Å². The van der Waals surface area contributed by atoms with Gasteiger partial charge in [-0.1, -0.05) is 0 Å². The zero-order valence-corrected chi connectivity index (χ0v) is 12.2. The number of amides is 1. The lowest BCUT2D eigenvalue weighted by Crippen LogP contribution is -2.54. The van der Waals surface area contributed by atoms with Gasteiger partial charge >= 0.3 is 17.9 Å². The van der Waals surface area contributed by atoms with Gasteiger partial charge in [0.15, 0.2) is 30.7 Å². The highest BCUT2D eigenvalue weighted by atomic mass is 16.6. The Hall–Kier alpha value is -2.49. The van der Waals surface area contributed by atoms with Gasteiger partial charge in [0.2, 0.25) is 5.91 Å². The highest BCUT2D eigenvalue weighted by Gasteiger charge is 2.43. The van der Waals surface area contributed by atoms with Crippen molar-refractivity contribution in [3.8, 4) is 0 Å². The van der Waals surface area contributed by atoms with E-state index in [9.17, 15) is 29.1 Å². The monoisotopic (exact) mass is 319 g/mol. The Kier molecular flexibility index (Phi) is 7.73. The van der Waals surface area contributed by atoms with Crippen molar-refractivity contribution in [1.29, 1.82) is 0 Å². The van der Waals surface area contributed by atoms with Crippen LogP contribution in [0.4, 0.5) is 0 Å². The molecule has 1 amide bonds. The second-order valence-electron chi connectivity index (χ2n) is 4.21. The molecule has 0 unspecified atom stereocenters. The fourth-order valence-corrected chi connectivity index (χ4v) is 1.54. The van der Waals surface area contributed by atoms with Crippen LogP contribution in [-0.4, -0.2) is 59.6 Å². The molecule has 3 N–H and O–H groups in total. The molecule has 0 saturated heterocycles. The minimum atomic E-state index is -2.09. The van der Waals surface area contributed by atoms with Crippen LogP contribution in [-0.2, 0) is 38.2 Å². The average molecular weight is 319 g/mol. The van der Waals surface area contributed by atoms with Crippen LogP contribution in [0.25, 0.3) is 0 Å². The van der Waals surface area contributed by atoms with Gasteiger partial charge in [0.25, 0.3) is 0 Å². The molecule has 0 heterocycles. The van der Waals surface area contributed by atoms with Crippen molar-refractivity contribution in [1.82, 2.24) is 0 Å². The summed E-state index contributed by atoms with van der Waals surface area (Å²) in [7, 11) is 0. The fourth-order valence-electron chi connectivity index (χ4n) is 1.54. The molecule has 0 bridgehead atoms. The van der Waals surface area contributed by atoms with Gasteiger partial charge in [-0.05, 0) is 0 Å². The van der Waals surface area contributed by atoms with Crippen LogP contribution in [0.15, 0.2) is 0 Å². The molecule has 0 rings (SSSR count). The molecule has 0 saturated carbocycles. The van der Waals surface area contributed by atoms with E-state index in [-0.39, 0.29) is 6.29 Å². The van der Waals surface area contributed by atoms with E-state index in [1.54, 1.807) is 0 Å². The summed E-state index contributed by atoms with van der Waals surface area (Å²) in [6, 6.07) is 0. The molecular formula is C12H17NO9. The van der Waals surface area contributed by atoms with Gasteiger partial charge in [0.1, 0.15) is 0 Å². The standard InChI is InChI=1S/C12H17NO9/c1-5(15)20-8(4-14)10(21-6(2)16)11(22-7(3)17)9(18)12(13)19/h4,8-11,18H,1-3H3,(H2,13,19)/t8-,9-,10+,11+/m0/s1. The van der Waals surface area contributed by atoms with Gasteiger partial charge in [-0.25, -0.2) is 0 Å². The van der Waals surface area contributed by atoms with Gasteiger partial charge in [-0.15, -0.1) is 0 Å². The van der Waals surface area contributed by atoms with E-state index < -0.39 is 48.2 Å². The van der Waals surface area contributed by atoms with Gasteiger partial charge < -0.3 is 25.1 Å². The second kappa shape index (κ2) is 8.72. The average Bonchev–Trinajstić information content (AvgIpc) is 2.38. The molecule has 0 aromatic carbocycles. The summed E-state index contributed by atoms with van der Waals surface area (Å²) in [6.07, 6.45) is -7.27. The summed E-state index contributed by atoms with van der Waals surface area (Å²) in [5, 5.41) is 9.70. The molecule has 10 nitrogen and oxygen atoms in total. The molecule has 0 spiro atoms. The quantitative estimate of drug-likeness (QED) is 0.288. The maximum atomic E-state index is 11.1. The lowest BCUT2D eigenvalue weighted by atomic mass is 10.0. The SMILES string of the molecule is CC(=O)O[C@@H]([C@H](OC(C)=O)[C@H](O)C(N)=O)[C@H](C=O)OC(C)=O. The third-order valence-corrected chi connectivity index (χ3v) is 2.29. The summed E-state index contributed by atoms with van der Waals surface area (Å²) in [6.45, 7) is 2.89. The number of carbonyl (C=O) groups excluding carboxylic acids is 5. The number of carbonyl (C=O) groups is 5. The van der Waals surface area contributed by atoms with Crippen LogP contribution in [0, 0.1) is 0 Å². The largest absolute Gasteiger partial charge is 0.455 e. The number of esters is 3. The van der Waals surface area contributed by atoms with Crippen LogP contribution < -0.4 is 5.73 Å². The lowest BCUT2D eigenvalue weighted by Gasteiger charge is -2.31. The molecule has 22 heavy (non-hydrogen) atoms. The first kappa shape index (κ1) is 19.5. The predicted molar refractivity (Wildman–Crippen MR) is 67.9 cm³/mol. The van der Waals surface area contributed by atoms with Crippen molar-refractivity contribution in [2.45, 2.75) is 45.2 Å². The van der Waals surface area contributed by atoms with Crippen molar-refractivity contribution < 1.29 is 43.3 Å². The number of hydrogen-bond acceptors (Lipinski definition) is 9. The molecule has 10 heteroatoms. The van der Waals surface area contributed by atoms with Gasteiger partial charge in [-0.3, -0.25) is 24.0 Å². The Balaban J connectivity index is 5.65. The Labute approximate surface area is 125 Å². The molecule has 0 radical (unpaired) electrons. The molecule has 4 atom stereocenters. The first-order valence-corrected chi connectivity index (χ1v) is 6.04. The number of primary amides is 1. The van der Waals surface area contributed by atoms with Crippen LogP contribution in [0.5, 0.6) is 0 Å². The minimum absolute atomic E-state index is 0.0964. The maximum Gasteiger partial charge on any atom is 0.303 e. The summed E-state index contributed by atoms with van der Waals surface area (Å²) in [5.41, 5.74) is 4.91. The van der Waals surface area contributed by atoms with Crippen LogP contribution in [0.2, 0.25) is 0 Å². The number of aliphatic hydroxyl groups excluding tert-OH is 1. The fraction of sp³-hybridized carbons (Fsp3) is 0.583. The molecule has 124 valence electrons. The number of hydrogen-bond donors (Lipinski definition) is 2. The van der Waals surface area contributed by atoms with Crippen molar-refractivity contribution >= 4 is 30.1 Å². The number of nitrogens with two attached hydrogens (primary N) is 1. The Bertz CT molecular complexity index is 462. The normalized spacial score (nSPS) is 15.6. The third kappa shape index (κ3) is 6.31. The predicted octanol–water partition coefficient (Wildman–Crippen LogP) is -2.17. The minimum Gasteiger partial charge on any atom is -0.455 e. The zero-order valence-electron chi connectivity index (χ0n) is 12.2. The summed E-state index contributed by atoms with van der Waals surface area (Å²) in [5.74, 6) is -4.08. The second-order valence-corrected chi connectivity index (χ2v) is 4.21. The lowest BCUT2D eigenvalue weighted by molar-refractivity contribution is -0.192. The van der Waals surface area contributed by atoms with E-state index >= 15 is 0 Å². The van der Waals surface area contributed by atoms with Crippen molar-refractivity contribution in [2.24, 2.45) is 5.73 Å². The summed E-state index contributed by atoms with van der Waals surface area (Å²) in [4.78, 5) is 55.3. The Morgan fingerprint density at radius 1 is 0.909 bits per heavy atom. The summed E-state index contributed by atoms with van der Waals surface area (Å²) < 4.78 is 14.0. The highest BCUT2D eigenvalue weighted by Crippen LogP contribution is 2.16. The third-order valence-electron chi connectivity index (χ3n) is 2.29. The Morgan fingerprint density at radius 3 is 1.64 bits per heavy atom. The van der Waals surface area contributed by atoms with Crippen molar-refractivity contribution in [3.05, 3.63) is 0 Å². The molecule has 0 aliphatic rings. The number of aliphatic hydroxyl groups is 1. The molecule has 0 aromatic heterocycles. The van der Waals surface area contributed by atoms with Crippen molar-refractivity contribution in [2.75, 3.05) is 0 Å². The summed E-state index contributed by atoms with van der Waals surface area (Å²) >= 11 is 0. The molecule has 0 aliphatic heterocycles. The molecular weight excluding hydrogens is 302 g/mol. The smallest absolute Gasteiger partial charge is 0.303 e. The van der Waals surface area contributed by atoms with Gasteiger partial charge in [0.05, 0.1) is 0 Å². The number of rotatable bonds is 8. The van der Waals surface area contributed by atoms with E-state index in [1.807, 2.05) is 0 Å². The first-order chi connectivity index (χ1) is 10.1. The van der Waals surface area contributed by atoms with E-state index in [0.29, 0.717) is 0 Å². The van der Waals surface area contributed by atoms with E-state index in [2.05, 4.69) is 9.47 Å². The maximum absolute atomic E-state index is 11.1. The topological polar surface area (TPSA) is 159 Å². The van der Waals surface area contributed by atoms with Crippen LogP contribution in [0.1, 0.15) is 20.8 Å². The number of ether oxygens (including phenoxy) is 3. The highest BCUT2D eigenvalue weighted by molar-refractivity contribution is 5.80. The van der Waals surface area contributed by atoms with E-state index in [1.165, 1.54) is 0 Å². The first-order valence-electron chi connectivity index (χ1n) is 6.04. The Morgan fingerprint density at radius 2 is 1.32 bits per heavy atom. The van der Waals surface area contributed by atoms with E-state index in [4.69, 9.17) is 10.5 Å². The molecule has 0 aromatic rings. The van der Waals surface area contributed by atoms with Gasteiger partial charge in [-0.2, -0.15) is 0 Å².